The van der Waals surface area contributed by atoms with Crippen LogP contribution < -0.4 is 0 Å². The van der Waals surface area contributed by atoms with Crippen molar-refractivity contribution in [2.75, 3.05) is 0 Å². The normalized spacial score (nSPS) is 12.5. The van der Waals surface area contributed by atoms with E-state index in [1.54, 1.807) is 12.4 Å². The van der Waals surface area contributed by atoms with E-state index < -0.39 is 11.9 Å². The van der Waals surface area contributed by atoms with Gasteiger partial charge in [0.1, 0.15) is 5.69 Å². The summed E-state index contributed by atoms with van der Waals surface area (Å²) in [5, 5.41) is 0. The summed E-state index contributed by atoms with van der Waals surface area (Å²) >= 11 is 0. The molecule has 2 rings (SSSR count). The molecular formula is C15H16F3N3. The Morgan fingerprint density at radius 1 is 0.905 bits per heavy atom. The molecule has 21 heavy (non-hydrogen) atoms. The molecule has 0 N–H and O–H groups in total. The van der Waals surface area contributed by atoms with E-state index >= 15 is 0 Å². The standard InChI is InChI=1S/C15H16F3N3/c1-9-10(5-6-12(21-9)15(16,17)18)11-7-20-13(8-19-11)14(2,3)4/h5-8H,1-4H3. The molecule has 0 aliphatic rings. The summed E-state index contributed by atoms with van der Waals surface area (Å²) in [7, 11) is 0. The molecule has 0 aliphatic heterocycles. The molecule has 0 saturated heterocycles. The molecule has 0 spiro atoms. The van der Waals surface area contributed by atoms with Crippen LogP contribution in [0.25, 0.3) is 11.3 Å². The third-order valence-corrected chi connectivity index (χ3v) is 3.07. The highest BCUT2D eigenvalue weighted by Crippen LogP contribution is 2.30. The van der Waals surface area contributed by atoms with Gasteiger partial charge < -0.3 is 0 Å². The van der Waals surface area contributed by atoms with E-state index in [0.29, 0.717) is 11.3 Å². The molecule has 0 aromatic carbocycles. The van der Waals surface area contributed by atoms with Crippen molar-refractivity contribution < 1.29 is 13.2 Å². The highest BCUT2D eigenvalue weighted by molar-refractivity contribution is 5.60. The van der Waals surface area contributed by atoms with Crippen LogP contribution in [0.2, 0.25) is 0 Å². The molecule has 112 valence electrons. The smallest absolute Gasteiger partial charge is 0.257 e. The molecular weight excluding hydrogens is 279 g/mol. The fourth-order valence-corrected chi connectivity index (χ4v) is 1.84. The molecule has 0 amide bonds. The van der Waals surface area contributed by atoms with Gasteiger partial charge in [0.05, 0.1) is 17.6 Å². The van der Waals surface area contributed by atoms with E-state index in [9.17, 15) is 13.2 Å². The van der Waals surface area contributed by atoms with Crippen LogP contribution in [0.4, 0.5) is 13.2 Å². The Kier molecular flexibility index (Phi) is 3.74. The first-order chi connectivity index (χ1) is 9.59. The molecule has 2 heterocycles. The van der Waals surface area contributed by atoms with Gasteiger partial charge in [-0.1, -0.05) is 20.8 Å². The summed E-state index contributed by atoms with van der Waals surface area (Å²) in [5.41, 5.74) is 1.14. The number of hydrogen-bond donors (Lipinski definition) is 0. The zero-order chi connectivity index (χ0) is 15.8. The number of nitrogens with zero attached hydrogens (tertiary/aromatic N) is 3. The average Bonchev–Trinajstić information content (AvgIpc) is 2.36. The molecule has 0 atom stereocenters. The molecule has 2 aromatic rings. The number of aryl methyl sites for hydroxylation is 1. The van der Waals surface area contributed by atoms with Crippen molar-refractivity contribution >= 4 is 0 Å². The summed E-state index contributed by atoms with van der Waals surface area (Å²) in [6.45, 7) is 7.58. The van der Waals surface area contributed by atoms with Crippen molar-refractivity contribution in [3.05, 3.63) is 41.6 Å². The minimum absolute atomic E-state index is 0.126. The largest absolute Gasteiger partial charge is 0.433 e. The van der Waals surface area contributed by atoms with Gasteiger partial charge in [0.25, 0.3) is 0 Å². The van der Waals surface area contributed by atoms with Gasteiger partial charge in [-0.05, 0) is 19.1 Å². The van der Waals surface area contributed by atoms with Crippen LogP contribution in [0.1, 0.15) is 37.9 Å². The number of halogens is 3. The maximum absolute atomic E-state index is 12.6. The lowest BCUT2D eigenvalue weighted by atomic mass is 9.92. The highest BCUT2D eigenvalue weighted by Gasteiger charge is 2.32. The lowest BCUT2D eigenvalue weighted by Crippen LogP contribution is -2.14. The summed E-state index contributed by atoms with van der Waals surface area (Å²) in [5.74, 6) is 0. The average molecular weight is 295 g/mol. The second kappa shape index (κ2) is 5.09. The molecule has 0 saturated carbocycles. The van der Waals surface area contributed by atoms with E-state index in [4.69, 9.17) is 0 Å². The van der Waals surface area contributed by atoms with Crippen LogP contribution in [-0.2, 0) is 11.6 Å². The minimum atomic E-state index is -4.44. The quantitative estimate of drug-likeness (QED) is 0.792. The Labute approximate surface area is 121 Å². The molecule has 3 nitrogen and oxygen atoms in total. The SMILES string of the molecule is Cc1nc(C(F)(F)F)ccc1-c1cnc(C(C)(C)C)cn1. The molecule has 0 aliphatic carbocycles. The maximum atomic E-state index is 12.6. The summed E-state index contributed by atoms with van der Waals surface area (Å²) in [6, 6.07) is 2.34. The van der Waals surface area contributed by atoms with Gasteiger partial charge in [0.2, 0.25) is 0 Å². The third kappa shape index (κ3) is 3.37. The van der Waals surface area contributed by atoms with Crippen LogP contribution in [0.5, 0.6) is 0 Å². The van der Waals surface area contributed by atoms with Gasteiger partial charge in [-0.25, -0.2) is 4.98 Å². The number of rotatable bonds is 1. The molecule has 2 aromatic heterocycles. The first kappa shape index (κ1) is 15.4. The first-order valence-electron chi connectivity index (χ1n) is 6.47. The molecule has 6 heteroatoms. The molecule has 0 unspecified atom stereocenters. The van der Waals surface area contributed by atoms with Crippen LogP contribution in [0.3, 0.4) is 0 Å². The Morgan fingerprint density at radius 2 is 1.57 bits per heavy atom. The zero-order valence-electron chi connectivity index (χ0n) is 12.3. The van der Waals surface area contributed by atoms with Crippen LogP contribution >= 0.6 is 0 Å². The molecule has 0 radical (unpaired) electrons. The Bertz CT molecular complexity index is 641. The highest BCUT2D eigenvalue weighted by atomic mass is 19.4. The lowest BCUT2D eigenvalue weighted by molar-refractivity contribution is -0.141. The first-order valence-corrected chi connectivity index (χ1v) is 6.47. The van der Waals surface area contributed by atoms with Crippen LogP contribution in [0, 0.1) is 6.92 Å². The fraction of sp³-hybridized carbons (Fsp3) is 0.400. The third-order valence-electron chi connectivity index (χ3n) is 3.07. The topological polar surface area (TPSA) is 38.7 Å². The van der Waals surface area contributed by atoms with Crippen molar-refractivity contribution in [1.82, 2.24) is 15.0 Å². The van der Waals surface area contributed by atoms with E-state index in [2.05, 4.69) is 15.0 Å². The van der Waals surface area contributed by atoms with E-state index in [1.165, 1.54) is 13.0 Å². The fourth-order valence-electron chi connectivity index (χ4n) is 1.84. The second-order valence-corrected chi connectivity index (χ2v) is 5.86. The van der Waals surface area contributed by atoms with Crippen molar-refractivity contribution in [2.24, 2.45) is 0 Å². The number of hydrogen-bond acceptors (Lipinski definition) is 3. The van der Waals surface area contributed by atoms with Crippen molar-refractivity contribution in [3.63, 3.8) is 0 Å². The van der Waals surface area contributed by atoms with E-state index in [1.807, 2.05) is 20.8 Å². The van der Waals surface area contributed by atoms with E-state index in [-0.39, 0.29) is 11.1 Å². The van der Waals surface area contributed by atoms with Gasteiger partial charge >= 0.3 is 6.18 Å². The molecule has 0 fully saturated rings. The Balaban J connectivity index is 2.39. The van der Waals surface area contributed by atoms with Crippen LogP contribution in [-0.4, -0.2) is 15.0 Å². The van der Waals surface area contributed by atoms with E-state index in [0.717, 1.165) is 11.8 Å². The second-order valence-electron chi connectivity index (χ2n) is 5.86. The Morgan fingerprint density at radius 3 is 2.00 bits per heavy atom. The summed E-state index contributed by atoms with van der Waals surface area (Å²) in [4.78, 5) is 12.2. The van der Waals surface area contributed by atoms with Gasteiger partial charge in [-0.2, -0.15) is 13.2 Å². The summed E-state index contributed by atoms with van der Waals surface area (Å²) in [6.07, 6.45) is -1.23. The predicted octanol–water partition coefficient (Wildman–Crippen LogP) is 4.16. The summed E-state index contributed by atoms with van der Waals surface area (Å²) < 4.78 is 37.8. The predicted molar refractivity (Wildman–Crippen MR) is 73.7 cm³/mol. The number of aromatic nitrogens is 3. The minimum Gasteiger partial charge on any atom is -0.257 e. The van der Waals surface area contributed by atoms with Gasteiger partial charge in [0, 0.05) is 22.9 Å². The monoisotopic (exact) mass is 295 g/mol. The van der Waals surface area contributed by atoms with Crippen LogP contribution in [0.15, 0.2) is 24.5 Å². The van der Waals surface area contributed by atoms with Gasteiger partial charge in [-0.15, -0.1) is 0 Å². The zero-order valence-corrected chi connectivity index (χ0v) is 12.3. The lowest BCUT2D eigenvalue weighted by Gasteiger charge is -2.17. The molecule has 0 bridgehead atoms. The number of pyridine rings is 1. The Hall–Kier alpha value is -1.98. The van der Waals surface area contributed by atoms with Gasteiger partial charge in [-0.3, -0.25) is 9.97 Å². The van der Waals surface area contributed by atoms with Crippen molar-refractivity contribution in [3.8, 4) is 11.3 Å². The van der Waals surface area contributed by atoms with Gasteiger partial charge in [0.15, 0.2) is 0 Å². The maximum Gasteiger partial charge on any atom is 0.433 e. The van der Waals surface area contributed by atoms with Crippen molar-refractivity contribution in [2.45, 2.75) is 39.3 Å². The number of alkyl halides is 3. The van der Waals surface area contributed by atoms with Crippen molar-refractivity contribution in [1.29, 1.82) is 0 Å².